The maximum Gasteiger partial charge on any atom is 0.244 e. The van der Waals surface area contributed by atoms with Crippen LogP contribution in [-0.2, 0) is 22.6 Å². The molecule has 4 aromatic rings. The van der Waals surface area contributed by atoms with E-state index in [1.165, 1.54) is 0 Å². The van der Waals surface area contributed by atoms with Crippen molar-refractivity contribution in [1.82, 2.24) is 9.55 Å². The van der Waals surface area contributed by atoms with Gasteiger partial charge < -0.3 is 24.8 Å². The standard InChI is InChI=1S/C26H27N5O2/c32-25(28-21-10-12-22(13-11-21)30-14-16-33-17-15-30)19-31-24-9-5-4-8-23(24)29-26(31)27-18-20-6-2-1-3-7-20/h1-13H,14-19H2,(H,27,29)(H,28,32). The Labute approximate surface area is 193 Å². The Morgan fingerprint density at radius 2 is 1.64 bits per heavy atom. The molecule has 2 heterocycles. The zero-order valence-electron chi connectivity index (χ0n) is 18.4. The van der Waals surface area contributed by atoms with Crippen LogP contribution < -0.4 is 15.5 Å². The van der Waals surface area contributed by atoms with Gasteiger partial charge >= 0.3 is 0 Å². The van der Waals surface area contributed by atoms with Crippen LogP contribution in [0.15, 0.2) is 78.9 Å². The molecule has 3 aromatic carbocycles. The van der Waals surface area contributed by atoms with Crippen molar-refractivity contribution in [3.8, 4) is 0 Å². The van der Waals surface area contributed by atoms with Gasteiger partial charge in [0.1, 0.15) is 6.54 Å². The van der Waals surface area contributed by atoms with E-state index in [1.807, 2.05) is 71.3 Å². The number of imidazole rings is 1. The third kappa shape index (κ3) is 4.99. The zero-order valence-corrected chi connectivity index (χ0v) is 18.4. The van der Waals surface area contributed by atoms with E-state index >= 15 is 0 Å². The number of fused-ring (bicyclic) bond motifs is 1. The van der Waals surface area contributed by atoms with Crippen molar-refractivity contribution in [2.45, 2.75) is 13.1 Å². The summed E-state index contributed by atoms with van der Waals surface area (Å²) < 4.78 is 7.35. The zero-order chi connectivity index (χ0) is 22.5. The van der Waals surface area contributed by atoms with Crippen LogP contribution in [0.3, 0.4) is 0 Å². The average Bonchev–Trinajstić information content (AvgIpc) is 3.21. The number of hydrogen-bond donors (Lipinski definition) is 2. The number of amides is 1. The summed E-state index contributed by atoms with van der Waals surface area (Å²) >= 11 is 0. The van der Waals surface area contributed by atoms with Gasteiger partial charge in [0.05, 0.1) is 24.2 Å². The van der Waals surface area contributed by atoms with Gasteiger partial charge in [-0.3, -0.25) is 4.79 Å². The van der Waals surface area contributed by atoms with E-state index in [1.54, 1.807) is 0 Å². The second-order valence-electron chi connectivity index (χ2n) is 8.04. The predicted molar refractivity (Wildman–Crippen MR) is 132 cm³/mol. The molecule has 0 bridgehead atoms. The smallest absolute Gasteiger partial charge is 0.244 e. The highest BCUT2D eigenvalue weighted by Gasteiger charge is 2.15. The van der Waals surface area contributed by atoms with Crippen molar-refractivity contribution in [2.24, 2.45) is 0 Å². The van der Waals surface area contributed by atoms with Gasteiger partial charge in [-0.05, 0) is 42.0 Å². The van der Waals surface area contributed by atoms with E-state index < -0.39 is 0 Å². The first-order chi connectivity index (χ1) is 16.3. The van der Waals surface area contributed by atoms with E-state index in [4.69, 9.17) is 9.72 Å². The van der Waals surface area contributed by atoms with Crippen LogP contribution in [0.25, 0.3) is 11.0 Å². The van der Waals surface area contributed by atoms with Crippen LogP contribution in [-0.4, -0.2) is 41.8 Å². The monoisotopic (exact) mass is 441 g/mol. The van der Waals surface area contributed by atoms with E-state index in [0.29, 0.717) is 12.5 Å². The number of carbonyl (C=O) groups is 1. The summed E-state index contributed by atoms with van der Waals surface area (Å²) in [6.45, 7) is 4.07. The van der Waals surface area contributed by atoms with Crippen molar-refractivity contribution < 1.29 is 9.53 Å². The normalized spacial score (nSPS) is 13.8. The first kappa shape index (κ1) is 21.0. The van der Waals surface area contributed by atoms with Gasteiger partial charge in [-0.1, -0.05) is 42.5 Å². The number of benzene rings is 3. The number of anilines is 3. The fourth-order valence-corrected chi connectivity index (χ4v) is 4.07. The Morgan fingerprint density at radius 3 is 2.42 bits per heavy atom. The maximum absolute atomic E-state index is 12.9. The molecule has 1 aromatic heterocycles. The first-order valence-corrected chi connectivity index (χ1v) is 11.2. The Balaban J connectivity index is 1.29. The summed E-state index contributed by atoms with van der Waals surface area (Å²) in [5.41, 5.74) is 4.85. The third-order valence-corrected chi connectivity index (χ3v) is 5.78. The van der Waals surface area contributed by atoms with Gasteiger partial charge in [0.25, 0.3) is 0 Å². The van der Waals surface area contributed by atoms with Crippen molar-refractivity contribution in [3.05, 3.63) is 84.4 Å². The number of nitrogens with one attached hydrogen (secondary N) is 2. The van der Waals surface area contributed by atoms with E-state index in [9.17, 15) is 4.79 Å². The SMILES string of the molecule is O=C(Cn1c(NCc2ccccc2)nc2ccccc21)Nc1ccc(N2CCOCC2)cc1. The summed E-state index contributed by atoms with van der Waals surface area (Å²) in [7, 11) is 0. The first-order valence-electron chi connectivity index (χ1n) is 11.2. The Hall–Kier alpha value is -3.84. The van der Waals surface area contributed by atoms with Crippen LogP contribution in [0.4, 0.5) is 17.3 Å². The molecule has 5 rings (SSSR count). The minimum atomic E-state index is -0.0972. The summed E-state index contributed by atoms with van der Waals surface area (Å²) in [6.07, 6.45) is 0. The molecule has 0 unspecified atom stereocenters. The molecule has 1 saturated heterocycles. The number of carbonyl (C=O) groups excluding carboxylic acids is 1. The lowest BCUT2D eigenvalue weighted by Gasteiger charge is -2.28. The van der Waals surface area contributed by atoms with Crippen LogP contribution >= 0.6 is 0 Å². The maximum atomic E-state index is 12.9. The molecular formula is C26H27N5O2. The topological polar surface area (TPSA) is 71.4 Å². The second-order valence-corrected chi connectivity index (χ2v) is 8.04. The Bertz CT molecular complexity index is 1210. The lowest BCUT2D eigenvalue weighted by molar-refractivity contribution is -0.116. The minimum absolute atomic E-state index is 0.0972. The number of aromatic nitrogens is 2. The fourth-order valence-electron chi connectivity index (χ4n) is 4.07. The molecule has 33 heavy (non-hydrogen) atoms. The van der Waals surface area contributed by atoms with Gasteiger partial charge in [0, 0.05) is 31.0 Å². The van der Waals surface area contributed by atoms with Crippen LogP contribution in [0.2, 0.25) is 0 Å². The molecule has 1 fully saturated rings. The Morgan fingerprint density at radius 1 is 0.909 bits per heavy atom. The largest absolute Gasteiger partial charge is 0.378 e. The second kappa shape index (κ2) is 9.75. The number of para-hydroxylation sites is 2. The van der Waals surface area contributed by atoms with Gasteiger partial charge in [0.2, 0.25) is 11.9 Å². The quantitative estimate of drug-likeness (QED) is 0.451. The van der Waals surface area contributed by atoms with Crippen LogP contribution in [0, 0.1) is 0 Å². The van der Waals surface area contributed by atoms with Crippen molar-refractivity contribution in [1.29, 1.82) is 0 Å². The molecule has 0 spiro atoms. The molecule has 0 aliphatic carbocycles. The van der Waals surface area contributed by atoms with E-state index in [-0.39, 0.29) is 12.5 Å². The predicted octanol–water partition coefficient (Wildman–Crippen LogP) is 4.12. The average molecular weight is 442 g/mol. The summed E-state index contributed by atoms with van der Waals surface area (Å²) in [5, 5.41) is 6.41. The van der Waals surface area contributed by atoms with Crippen molar-refractivity contribution in [2.75, 3.05) is 41.8 Å². The highest BCUT2D eigenvalue weighted by atomic mass is 16.5. The lowest BCUT2D eigenvalue weighted by Crippen LogP contribution is -2.36. The summed E-state index contributed by atoms with van der Waals surface area (Å²) in [6, 6.07) is 26.0. The molecular weight excluding hydrogens is 414 g/mol. The van der Waals surface area contributed by atoms with Crippen molar-refractivity contribution in [3.63, 3.8) is 0 Å². The molecule has 168 valence electrons. The number of rotatable bonds is 7. The molecule has 7 heteroatoms. The highest BCUT2D eigenvalue weighted by molar-refractivity contribution is 5.92. The molecule has 0 saturated carbocycles. The molecule has 1 aliphatic heterocycles. The summed E-state index contributed by atoms with van der Waals surface area (Å²) in [5.74, 6) is 0.581. The highest BCUT2D eigenvalue weighted by Crippen LogP contribution is 2.22. The fraction of sp³-hybridized carbons (Fsp3) is 0.231. The van der Waals surface area contributed by atoms with Gasteiger partial charge in [-0.25, -0.2) is 4.98 Å². The van der Waals surface area contributed by atoms with Gasteiger partial charge in [-0.2, -0.15) is 0 Å². The van der Waals surface area contributed by atoms with Crippen molar-refractivity contribution >= 4 is 34.3 Å². The van der Waals surface area contributed by atoms with Gasteiger partial charge in [0.15, 0.2) is 0 Å². The Kier molecular flexibility index (Phi) is 6.21. The molecule has 0 radical (unpaired) electrons. The number of hydrogen-bond acceptors (Lipinski definition) is 5. The summed E-state index contributed by atoms with van der Waals surface area (Å²) in [4.78, 5) is 19.9. The number of ether oxygens (including phenoxy) is 1. The number of nitrogens with zero attached hydrogens (tertiary/aromatic N) is 3. The molecule has 7 nitrogen and oxygen atoms in total. The van der Waals surface area contributed by atoms with Crippen LogP contribution in [0.5, 0.6) is 0 Å². The van der Waals surface area contributed by atoms with Gasteiger partial charge in [-0.15, -0.1) is 0 Å². The molecule has 2 N–H and O–H groups in total. The molecule has 1 aliphatic rings. The third-order valence-electron chi connectivity index (χ3n) is 5.78. The molecule has 1 amide bonds. The molecule has 0 atom stereocenters. The number of morpholine rings is 1. The van der Waals surface area contributed by atoms with E-state index in [0.717, 1.165) is 54.3 Å². The minimum Gasteiger partial charge on any atom is -0.378 e. The van der Waals surface area contributed by atoms with Crippen LogP contribution in [0.1, 0.15) is 5.56 Å². The lowest BCUT2D eigenvalue weighted by atomic mass is 10.2. The van der Waals surface area contributed by atoms with E-state index in [2.05, 4.69) is 27.7 Å².